The largest absolute Gasteiger partial charge is 0.481 e. The molecule has 1 aliphatic rings. The molecule has 2 atom stereocenters. The lowest BCUT2D eigenvalue weighted by Crippen LogP contribution is -2.41. The van der Waals surface area contributed by atoms with Gasteiger partial charge in [0.2, 0.25) is 5.91 Å². The summed E-state index contributed by atoms with van der Waals surface area (Å²) >= 11 is 0. The summed E-state index contributed by atoms with van der Waals surface area (Å²) in [5.74, 6) is -0.366. The first-order valence-electron chi connectivity index (χ1n) is 12.6. The fourth-order valence-corrected chi connectivity index (χ4v) is 4.68. The second-order valence-electron chi connectivity index (χ2n) is 9.86. The zero-order chi connectivity index (χ0) is 26.5. The van der Waals surface area contributed by atoms with E-state index in [0.717, 1.165) is 11.1 Å². The predicted octanol–water partition coefficient (Wildman–Crippen LogP) is 5.57. The number of hydrogen-bond donors (Lipinski definition) is 1. The van der Waals surface area contributed by atoms with Crippen molar-refractivity contribution in [3.63, 3.8) is 0 Å². The molecule has 3 aromatic carbocycles. The molecule has 0 spiro atoms. The van der Waals surface area contributed by atoms with Crippen LogP contribution in [0.3, 0.4) is 0 Å². The Morgan fingerprint density at radius 1 is 1.00 bits per heavy atom. The summed E-state index contributed by atoms with van der Waals surface area (Å²) < 4.78 is 33.6. The third kappa shape index (κ3) is 6.53. The first-order valence-corrected chi connectivity index (χ1v) is 12.6. The second kappa shape index (κ2) is 11.5. The molecule has 0 radical (unpaired) electrons. The fourth-order valence-electron chi connectivity index (χ4n) is 4.68. The quantitative estimate of drug-likeness (QED) is 0.435. The van der Waals surface area contributed by atoms with Crippen LogP contribution in [-0.2, 0) is 22.6 Å². The molecule has 0 saturated carbocycles. The summed E-state index contributed by atoms with van der Waals surface area (Å²) in [5, 5.41) is 2.76. The number of carbonyl (C=O) groups is 2. The smallest absolute Gasteiger partial charge is 0.261 e. The number of carbonyl (C=O) groups excluding carboxylic acids is 2. The molecule has 0 bridgehead atoms. The topological polar surface area (TPSA) is 58.6 Å². The molecule has 1 aliphatic heterocycles. The van der Waals surface area contributed by atoms with Crippen molar-refractivity contribution in [2.45, 2.75) is 52.3 Å². The first-order chi connectivity index (χ1) is 17.7. The standard InChI is InChI=1S/C30H32F2N2O3/c1-19(2)14-28(35)34-13-12-22-10-11-26(17-27(22)29(34)23-7-5-9-25(32)16-23)37-20(3)30(36)33-18-21-6-4-8-24(31)15-21/h4-11,15-17,19-20,29H,12-14,18H2,1-3H3,(H,33,36)/t20-,29-/m1/s1. The van der Waals surface area contributed by atoms with E-state index in [1.54, 1.807) is 25.1 Å². The van der Waals surface area contributed by atoms with Gasteiger partial charge in [0.1, 0.15) is 17.4 Å². The number of ether oxygens (including phenoxy) is 1. The Hall–Kier alpha value is -3.74. The normalized spacial score (nSPS) is 15.7. The minimum atomic E-state index is -0.804. The lowest BCUT2D eigenvalue weighted by Gasteiger charge is -2.38. The number of amides is 2. The van der Waals surface area contributed by atoms with Gasteiger partial charge in [-0.2, -0.15) is 0 Å². The molecule has 0 aliphatic carbocycles. The van der Waals surface area contributed by atoms with Gasteiger partial charge in [-0.25, -0.2) is 8.78 Å². The Labute approximate surface area is 216 Å². The number of benzene rings is 3. The number of hydrogen-bond acceptors (Lipinski definition) is 3. The van der Waals surface area contributed by atoms with Crippen LogP contribution in [0.5, 0.6) is 5.75 Å². The zero-order valence-electron chi connectivity index (χ0n) is 21.3. The molecule has 3 aromatic rings. The van der Waals surface area contributed by atoms with Crippen LogP contribution in [0.25, 0.3) is 0 Å². The molecule has 0 aromatic heterocycles. The van der Waals surface area contributed by atoms with Crippen LogP contribution >= 0.6 is 0 Å². The number of rotatable bonds is 8. The van der Waals surface area contributed by atoms with Gasteiger partial charge in [-0.15, -0.1) is 0 Å². The van der Waals surface area contributed by atoms with E-state index in [4.69, 9.17) is 4.74 Å². The van der Waals surface area contributed by atoms with Gasteiger partial charge >= 0.3 is 0 Å². The van der Waals surface area contributed by atoms with Crippen molar-refractivity contribution in [3.05, 3.63) is 101 Å². The Bertz CT molecular complexity index is 1280. The van der Waals surface area contributed by atoms with Crippen molar-refractivity contribution in [2.75, 3.05) is 6.54 Å². The lowest BCUT2D eigenvalue weighted by molar-refractivity contribution is -0.134. The molecule has 4 rings (SSSR count). The minimum absolute atomic E-state index is 0.0197. The van der Waals surface area contributed by atoms with E-state index in [-0.39, 0.29) is 35.9 Å². The van der Waals surface area contributed by atoms with Crippen molar-refractivity contribution < 1.29 is 23.1 Å². The van der Waals surface area contributed by atoms with Crippen LogP contribution in [0.1, 0.15) is 55.5 Å². The third-order valence-corrected chi connectivity index (χ3v) is 6.45. The summed E-state index contributed by atoms with van der Waals surface area (Å²) in [7, 11) is 0. The zero-order valence-corrected chi connectivity index (χ0v) is 21.3. The number of halogens is 2. The van der Waals surface area contributed by atoms with Gasteiger partial charge in [0.25, 0.3) is 5.91 Å². The summed E-state index contributed by atoms with van der Waals surface area (Å²) in [6.45, 7) is 6.37. The van der Waals surface area contributed by atoms with Crippen LogP contribution in [0.15, 0.2) is 66.7 Å². The Balaban J connectivity index is 1.56. The van der Waals surface area contributed by atoms with Crippen LogP contribution in [0, 0.1) is 17.6 Å². The molecule has 5 nitrogen and oxygen atoms in total. The fraction of sp³-hybridized carbons (Fsp3) is 0.333. The van der Waals surface area contributed by atoms with E-state index < -0.39 is 12.1 Å². The molecule has 1 N–H and O–H groups in total. The number of nitrogens with one attached hydrogen (secondary N) is 1. The lowest BCUT2D eigenvalue weighted by atomic mass is 9.87. The number of nitrogens with zero attached hydrogens (tertiary/aromatic N) is 1. The third-order valence-electron chi connectivity index (χ3n) is 6.45. The molecule has 194 valence electrons. The maximum Gasteiger partial charge on any atom is 0.261 e. The van der Waals surface area contributed by atoms with E-state index in [2.05, 4.69) is 5.32 Å². The molecule has 7 heteroatoms. The van der Waals surface area contributed by atoms with Crippen molar-refractivity contribution in [1.29, 1.82) is 0 Å². The summed E-state index contributed by atoms with van der Waals surface area (Å²) in [6, 6.07) is 17.5. The highest BCUT2D eigenvalue weighted by Gasteiger charge is 2.33. The molecule has 0 fully saturated rings. The van der Waals surface area contributed by atoms with Gasteiger partial charge in [0, 0.05) is 19.5 Å². The van der Waals surface area contributed by atoms with Crippen molar-refractivity contribution in [3.8, 4) is 5.75 Å². The van der Waals surface area contributed by atoms with Crippen LogP contribution in [-0.4, -0.2) is 29.4 Å². The maximum atomic E-state index is 14.2. The SMILES string of the molecule is CC(C)CC(=O)N1CCc2ccc(O[C@H](C)C(=O)NCc3cccc(F)c3)cc2[C@H]1c1cccc(F)c1. The van der Waals surface area contributed by atoms with Gasteiger partial charge in [-0.05, 0) is 77.9 Å². The van der Waals surface area contributed by atoms with E-state index in [1.807, 2.05) is 43.0 Å². The molecule has 2 amide bonds. The Morgan fingerprint density at radius 2 is 1.73 bits per heavy atom. The highest BCUT2D eigenvalue weighted by molar-refractivity contribution is 5.80. The molecule has 37 heavy (non-hydrogen) atoms. The monoisotopic (exact) mass is 506 g/mol. The molecular formula is C30H32F2N2O3. The van der Waals surface area contributed by atoms with Gasteiger partial charge in [0.15, 0.2) is 6.10 Å². The summed E-state index contributed by atoms with van der Waals surface area (Å²) in [4.78, 5) is 27.6. The predicted molar refractivity (Wildman–Crippen MR) is 138 cm³/mol. The molecule has 0 saturated heterocycles. The highest BCUT2D eigenvalue weighted by Crippen LogP contribution is 2.38. The number of fused-ring (bicyclic) bond motifs is 1. The van der Waals surface area contributed by atoms with E-state index >= 15 is 0 Å². The summed E-state index contributed by atoms with van der Waals surface area (Å²) in [5.41, 5.74) is 3.26. The maximum absolute atomic E-state index is 14.2. The average Bonchev–Trinajstić information content (AvgIpc) is 2.86. The van der Waals surface area contributed by atoms with Crippen LogP contribution in [0.2, 0.25) is 0 Å². The summed E-state index contributed by atoms with van der Waals surface area (Å²) in [6.07, 6.45) is 0.274. The van der Waals surface area contributed by atoms with Crippen LogP contribution in [0.4, 0.5) is 8.78 Å². The van der Waals surface area contributed by atoms with E-state index in [1.165, 1.54) is 24.3 Å². The van der Waals surface area contributed by atoms with Crippen molar-refractivity contribution in [2.24, 2.45) is 5.92 Å². The Kier molecular flexibility index (Phi) is 8.21. The Morgan fingerprint density at radius 3 is 2.43 bits per heavy atom. The van der Waals surface area contributed by atoms with Gasteiger partial charge in [-0.3, -0.25) is 9.59 Å². The van der Waals surface area contributed by atoms with Gasteiger partial charge in [-0.1, -0.05) is 44.2 Å². The van der Waals surface area contributed by atoms with Crippen molar-refractivity contribution >= 4 is 11.8 Å². The minimum Gasteiger partial charge on any atom is -0.481 e. The second-order valence-corrected chi connectivity index (χ2v) is 9.86. The van der Waals surface area contributed by atoms with E-state index in [9.17, 15) is 18.4 Å². The van der Waals surface area contributed by atoms with Gasteiger partial charge < -0.3 is 15.0 Å². The molecule has 1 heterocycles. The van der Waals surface area contributed by atoms with Crippen LogP contribution < -0.4 is 10.1 Å². The van der Waals surface area contributed by atoms with Crippen molar-refractivity contribution in [1.82, 2.24) is 10.2 Å². The molecule has 0 unspecified atom stereocenters. The molecular weight excluding hydrogens is 474 g/mol. The first kappa shape index (κ1) is 26.3. The average molecular weight is 507 g/mol. The van der Waals surface area contributed by atoms with Gasteiger partial charge in [0.05, 0.1) is 6.04 Å². The van der Waals surface area contributed by atoms with E-state index in [0.29, 0.717) is 36.3 Å². The highest BCUT2D eigenvalue weighted by atomic mass is 19.1.